The maximum atomic E-state index is 5.84. The summed E-state index contributed by atoms with van der Waals surface area (Å²) in [6, 6.07) is 15.9. The van der Waals surface area contributed by atoms with E-state index in [1.54, 1.807) is 7.11 Å². The fraction of sp³-hybridized carbons (Fsp3) is 0.0769. The summed E-state index contributed by atoms with van der Waals surface area (Å²) in [5.41, 5.74) is 8.77. The number of benzene rings is 2. The minimum Gasteiger partial charge on any atom is -0.495 e. The lowest BCUT2D eigenvalue weighted by Gasteiger charge is -2.07. The first kappa shape index (κ1) is 9.59. The van der Waals surface area contributed by atoms with E-state index < -0.39 is 0 Å². The molecule has 15 heavy (non-hydrogen) atoms. The molecule has 0 bridgehead atoms. The molecule has 0 spiro atoms. The zero-order valence-electron chi connectivity index (χ0n) is 8.60. The topological polar surface area (TPSA) is 35.2 Å². The van der Waals surface area contributed by atoms with E-state index in [4.69, 9.17) is 10.5 Å². The van der Waals surface area contributed by atoms with E-state index in [1.165, 1.54) is 0 Å². The van der Waals surface area contributed by atoms with Crippen LogP contribution in [0.25, 0.3) is 11.1 Å². The van der Waals surface area contributed by atoms with Gasteiger partial charge < -0.3 is 10.5 Å². The number of rotatable bonds is 2. The van der Waals surface area contributed by atoms with Gasteiger partial charge in [0, 0.05) is 0 Å². The first-order chi connectivity index (χ1) is 7.31. The number of anilines is 1. The van der Waals surface area contributed by atoms with Gasteiger partial charge >= 0.3 is 0 Å². The minimum absolute atomic E-state index is 0.666. The fourth-order valence-corrected chi connectivity index (χ4v) is 1.54. The molecule has 0 radical (unpaired) electrons. The van der Waals surface area contributed by atoms with Crippen molar-refractivity contribution in [3.05, 3.63) is 48.5 Å². The van der Waals surface area contributed by atoms with Crippen molar-refractivity contribution >= 4 is 5.69 Å². The second kappa shape index (κ2) is 4.05. The highest BCUT2D eigenvalue weighted by Gasteiger charge is 2.01. The molecule has 0 aliphatic rings. The summed E-state index contributed by atoms with van der Waals surface area (Å²) in [7, 11) is 1.62. The van der Waals surface area contributed by atoms with Gasteiger partial charge in [-0.2, -0.15) is 0 Å². The van der Waals surface area contributed by atoms with Crippen LogP contribution in [0.4, 0.5) is 5.69 Å². The van der Waals surface area contributed by atoms with E-state index in [0.29, 0.717) is 5.69 Å². The molecule has 0 unspecified atom stereocenters. The summed E-state index contributed by atoms with van der Waals surface area (Å²) in [6.07, 6.45) is 0. The summed E-state index contributed by atoms with van der Waals surface area (Å²) >= 11 is 0. The normalized spacial score (nSPS) is 9.93. The molecule has 2 aromatic carbocycles. The molecular weight excluding hydrogens is 186 g/mol. The number of nitrogen functional groups attached to an aromatic ring is 1. The molecule has 0 saturated heterocycles. The molecule has 2 aromatic rings. The molecule has 76 valence electrons. The van der Waals surface area contributed by atoms with Crippen LogP contribution in [-0.2, 0) is 0 Å². The Bertz CT molecular complexity index is 451. The molecule has 2 N–H and O–H groups in total. The number of hydrogen-bond donors (Lipinski definition) is 1. The van der Waals surface area contributed by atoms with Crippen LogP contribution in [0.15, 0.2) is 48.5 Å². The van der Waals surface area contributed by atoms with Gasteiger partial charge in [0.05, 0.1) is 12.8 Å². The van der Waals surface area contributed by atoms with E-state index in [-0.39, 0.29) is 0 Å². The van der Waals surface area contributed by atoms with Crippen LogP contribution < -0.4 is 10.5 Å². The predicted molar refractivity (Wildman–Crippen MR) is 62.8 cm³/mol. The summed E-state index contributed by atoms with van der Waals surface area (Å²) in [6.45, 7) is 0. The summed E-state index contributed by atoms with van der Waals surface area (Å²) in [4.78, 5) is 0. The largest absolute Gasteiger partial charge is 0.495 e. The van der Waals surface area contributed by atoms with Gasteiger partial charge in [0.2, 0.25) is 0 Å². The van der Waals surface area contributed by atoms with Gasteiger partial charge in [-0.05, 0) is 23.3 Å². The number of hydrogen-bond acceptors (Lipinski definition) is 2. The van der Waals surface area contributed by atoms with Crippen LogP contribution >= 0.6 is 0 Å². The number of ether oxygens (including phenoxy) is 1. The smallest absolute Gasteiger partial charge is 0.141 e. The van der Waals surface area contributed by atoms with E-state index in [9.17, 15) is 0 Å². The van der Waals surface area contributed by atoms with Gasteiger partial charge in [-0.1, -0.05) is 36.4 Å². The maximum absolute atomic E-state index is 5.84. The monoisotopic (exact) mass is 199 g/mol. The second-order valence-corrected chi connectivity index (χ2v) is 3.32. The van der Waals surface area contributed by atoms with Crippen LogP contribution in [0.5, 0.6) is 5.75 Å². The van der Waals surface area contributed by atoms with E-state index in [1.807, 2.05) is 36.4 Å². The SMILES string of the molecule is COc1ccc(-c2ccccc2)cc1N. The first-order valence-corrected chi connectivity index (χ1v) is 4.80. The van der Waals surface area contributed by atoms with Crippen molar-refractivity contribution in [2.45, 2.75) is 0 Å². The standard InChI is InChI=1S/C13H13NO/c1-15-13-8-7-11(9-12(13)14)10-5-3-2-4-6-10/h2-9H,14H2,1H3. The van der Waals surface area contributed by atoms with Crippen molar-refractivity contribution in [3.8, 4) is 16.9 Å². The Balaban J connectivity index is 2.43. The lowest BCUT2D eigenvalue weighted by atomic mass is 10.1. The minimum atomic E-state index is 0.666. The molecule has 0 heterocycles. The van der Waals surface area contributed by atoms with Gasteiger partial charge in [-0.3, -0.25) is 0 Å². The molecule has 0 atom stereocenters. The molecule has 0 aliphatic carbocycles. The van der Waals surface area contributed by atoms with Crippen molar-refractivity contribution in [2.24, 2.45) is 0 Å². The molecule has 0 fully saturated rings. The van der Waals surface area contributed by atoms with Gasteiger partial charge in [-0.15, -0.1) is 0 Å². The molecule has 0 saturated carbocycles. The molecule has 2 rings (SSSR count). The molecule has 2 nitrogen and oxygen atoms in total. The third-order valence-corrected chi connectivity index (χ3v) is 2.34. The Hall–Kier alpha value is -1.96. The number of methoxy groups -OCH3 is 1. The zero-order chi connectivity index (χ0) is 10.7. The Kier molecular flexibility index (Phi) is 2.59. The van der Waals surface area contributed by atoms with Crippen LogP contribution in [0.2, 0.25) is 0 Å². The summed E-state index contributed by atoms with van der Waals surface area (Å²) in [5, 5.41) is 0. The second-order valence-electron chi connectivity index (χ2n) is 3.32. The Labute approximate surface area is 89.3 Å². The average Bonchev–Trinajstić information content (AvgIpc) is 2.30. The highest BCUT2D eigenvalue weighted by molar-refractivity contribution is 5.70. The van der Waals surface area contributed by atoms with Gasteiger partial charge in [0.1, 0.15) is 5.75 Å². The Morgan fingerprint density at radius 2 is 1.67 bits per heavy atom. The van der Waals surface area contributed by atoms with Crippen molar-refractivity contribution in [1.29, 1.82) is 0 Å². The lowest BCUT2D eigenvalue weighted by molar-refractivity contribution is 0.417. The third-order valence-electron chi connectivity index (χ3n) is 2.34. The van der Waals surface area contributed by atoms with E-state index >= 15 is 0 Å². The summed E-state index contributed by atoms with van der Waals surface area (Å²) in [5.74, 6) is 0.717. The van der Waals surface area contributed by atoms with Crippen molar-refractivity contribution in [2.75, 3.05) is 12.8 Å². The van der Waals surface area contributed by atoms with Gasteiger partial charge in [0.15, 0.2) is 0 Å². The predicted octanol–water partition coefficient (Wildman–Crippen LogP) is 2.94. The van der Waals surface area contributed by atoms with Crippen molar-refractivity contribution < 1.29 is 4.74 Å². The quantitative estimate of drug-likeness (QED) is 0.755. The lowest BCUT2D eigenvalue weighted by Crippen LogP contribution is -1.92. The van der Waals surface area contributed by atoms with Crippen molar-refractivity contribution in [1.82, 2.24) is 0 Å². The van der Waals surface area contributed by atoms with Crippen LogP contribution in [0.3, 0.4) is 0 Å². The summed E-state index contributed by atoms with van der Waals surface area (Å²) < 4.78 is 5.11. The van der Waals surface area contributed by atoms with Crippen LogP contribution in [0, 0.1) is 0 Å². The molecule has 0 amide bonds. The highest BCUT2D eigenvalue weighted by Crippen LogP contribution is 2.27. The first-order valence-electron chi connectivity index (χ1n) is 4.80. The number of nitrogens with two attached hydrogens (primary N) is 1. The maximum Gasteiger partial charge on any atom is 0.141 e. The molecule has 0 aliphatic heterocycles. The van der Waals surface area contributed by atoms with Crippen molar-refractivity contribution in [3.63, 3.8) is 0 Å². The molecular formula is C13H13NO. The Morgan fingerprint density at radius 3 is 2.27 bits per heavy atom. The van der Waals surface area contributed by atoms with Gasteiger partial charge in [-0.25, -0.2) is 0 Å². The molecule has 0 aromatic heterocycles. The molecule has 2 heteroatoms. The third kappa shape index (κ3) is 1.94. The highest BCUT2D eigenvalue weighted by atomic mass is 16.5. The van der Waals surface area contributed by atoms with Gasteiger partial charge in [0.25, 0.3) is 0 Å². The Morgan fingerprint density at radius 1 is 0.933 bits per heavy atom. The van der Waals surface area contributed by atoms with E-state index in [2.05, 4.69) is 12.1 Å². The zero-order valence-corrected chi connectivity index (χ0v) is 8.60. The fourth-order valence-electron chi connectivity index (χ4n) is 1.54. The van der Waals surface area contributed by atoms with Crippen LogP contribution in [-0.4, -0.2) is 7.11 Å². The van der Waals surface area contributed by atoms with Crippen LogP contribution in [0.1, 0.15) is 0 Å². The average molecular weight is 199 g/mol. The van der Waals surface area contributed by atoms with E-state index in [0.717, 1.165) is 16.9 Å².